The SMILES string of the molecule is Cc1cc2cc(C(=O)N3CCN(c4nsc5ccccc45)CC3)ccc2o1. The molecular formula is C21H19N3O2S. The highest BCUT2D eigenvalue weighted by Crippen LogP contribution is 2.30. The van der Waals surface area contributed by atoms with E-state index in [0.717, 1.165) is 41.2 Å². The maximum Gasteiger partial charge on any atom is 0.254 e. The molecule has 0 spiro atoms. The third-order valence-corrected chi connectivity index (χ3v) is 5.93. The van der Waals surface area contributed by atoms with Crippen LogP contribution < -0.4 is 4.90 Å². The summed E-state index contributed by atoms with van der Waals surface area (Å²) in [5, 5.41) is 2.17. The van der Waals surface area contributed by atoms with E-state index in [9.17, 15) is 4.79 Å². The van der Waals surface area contributed by atoms with Crippen molar-refractivity contribution in [1.82, 2.24) is 9.27 Å². The lowest BCUT2D eigenvalue weighted by molar-refractivity contribution is 0.0747. The molecule has 5 rings (SSSR count). The quantitative estimate of drug-likeness (QED) is 0.522. The van der Waals surface area contributed by atoms with E-state index in [2.05, 4.69) is 21.4 Å². The Morgan fingerprint density at radius 3 is 2.74 bits per heavy atom. The number of hydrogen-bond donors (Lipinski definition) is 0. The predicted octanol–water partition coefficient (Wildman–Crippen LogP) is 4.31. The van der Waals surface area contributed by atoms with Gasteiger partial charge >= 0.3 is 0 Å². The Hall–Kier alpha value is -2.86. The molecule has 1 aliphatic heterocycles. The number of nitrogens with zero attached hydrogens (tertiary/aromatic N) is 3. The first-order valence-electron chi connectivity index (χ1n) is 9.08. The highest BCUT2D eigenvalue weighted by Gasteiger charge is 2.24. The first-order valence-corrected chi connectivity index (χ1v) is 9.85. The number of anilines is 1. The molecule has 0 saturated carbocycles. The van der Waals surface area contributed by atoms with Crippen molar-refractivity contribution in [3.63, 3.8) is 0 Å². The van der Waals surface area contributed by atoms with Crippen LogP contribution in [0.5, 0.6) is 0 Å². The summed E-state index contributed by atoms with van der Waals surface area (Å²) in [7, 11) is 0. The first-order chi connectivity index (χ1) is 13.2. The summed E-state index contributed by atoms with van der Waals surface area (Å²) in [5.74, 6) is 1.98. The van der Waals surface area contributed by atoms with E-state index in [1.54, 1.807) is 0 Å². The van der Waals surface area contributed by atoms with Gasteiger partial charge in [-0.2, -0.15) is 4.37 Å². The average molecular weight is 377 g/mol. The Morgan fingerprint density at radius 1 is 1.07 bits per heavy atom. The molecule has 1 amide bonds. The number of rotatable bonds is 2. The van der Waals surface area contributed by atoms with Gasteiger partial charge in [0.05, 0.1) is 4.70 Å². The molecule has 6 heteroatoms. The van der Waals surface area contributed by atoms with E-state index >= 15 is 0 Å². The summed E-state index contributed by atoms with van der Waals surface area (Å²) in [5.41, 5.74) is 1.54. The summed E-state index contributed by atoms with van der Waals surface area (Å²) in [4.78, 5) is 17.1. The van der Waals surface area contributed by atoms with Gasteiger partial charge in [0.25, 0.3) is 5.91 Å². The summed E-state index contributed by atoms with van der Waals surface area (Å²) in [6, 6.07) is 15.9. The van der Waals surface area contributed by atoms with Gasteiger partial charge in [0.2, 0.25) is 0 Å². The van der Waals surface area contributed by atoms with Crippen molar-refractivity contribution in [2.45, 2.75) is 6.92 Å². The van der Waals surface area contributed by atoms with Gasteiger partial charge < -0.3 is 14.2 Å². The van der Waals surface area contributed by atoms with Gasteiger partial charge in [-0.15, -0.1) is 0 Å². The Kier molecular flexibility index (Phi) is 3.86. The van der Waals surface area contributed by atoms with Crippen LogP contribution in [0.4, 0.5) is 5.82 Å². The maximum atomic E-state index is 12.9. The minimum absolute atomic E-state index is 0.0820. The van der Waals surface area contributed by atoms with Gasteiger partial charge in [0.1, 0.15) is 17.2 Å². The van der Waals surface area contributed by atoms with Gasteiger partial charge in [-0.1, -0.05) is 12.1 Å². The number of fused-ring (bicyclic) bond motifs is 2. The summed E-state index contributed by atoms with van der Waals surface area (Å²) < 4.78 is 11.4. The van der Waals surface area contributed by atoms with Crippen LogP contribution in [0.25, 0.3) is 21.1 Å². The number of hydrogen-bond acceptors (Lipinski definition) is 5. The van der Waals surface area contributed by atoms with Crippen molar-refractivity contribution < 1.29 is 9.21 Å². The minimum atomic E-state index is 0.0820. The number of carbonyl (C=O) groups is 1. The van der Waals surface area contributed by atoms with E-state index in [-0.39, 0.29) is 5.91 Å². The van der Waals surface area contributed by atoms with Crippen LogP contribution in [-0.2, 0) is 0 Å². The number of amides is 1. The molecule has 5 nitrogen and oxygen atoms in total. The first kappa shape index (κ1) is 16.3. The van der Waals surface area contributed by atoms with Crippen molar-refractivity contribution in [3.8, 4) is 0 Å². The van der Waals surface area contributed by atoms with Crippen molar-refractivity contribution in [2.75, 3.05) is 31.1 Å². The number of carbonyl (C=O) groups excluding carboxylic acids is 1. The molecule has 136 valence electrons. The van der Waals surface area contributed by atoms with E-state index in [0.29, 0.717) is 13.1 Å². The second-order valence-electron chi connectivity index (χ2n) is 6.89. The highest BCUT2D eigenvalue weighted by molar-refractivity contribution is 7.13. The molecule has 0 radical (unpaired) electrons. The molecule has 1 saturated heterocycles. The van der Waals surface area contributed by atoms with Gasteiger partial charge in [0, 0.05) is 42.5 Å². The Bertz CT molecular complexity index is 1140. The van der Waals surface area contributed by atoms with Crippen LogP contribution in [0.3, 0.4) is 0 Å². The van der Waals surface area contributed by atoms with E-state index in [4.69, 9.17) is 4.42 Å². The Balaban J connectivity index is 1.32. The number of benzene rings is 2. The normalized spacial score (nSPS) is 15.0. The second kappa shape index (κ2) is 6.39. The topological polar surface area (TPSA) is 49.6 Å². The summed E-state index contributed by atoms with van der Waals surface area (Å²) in [6.45, 7) is 4.92. The molecule has 4 aromatic rings. The number of aryl methyl sites for hydroxylation is 1. The fraction of sp³-hybridized carbons (Fsp3) is 0.238. The summed E-state index contributed by atoms with van der Waals surface area (Å²) in [6.07, 6.45) is 0. The van der Waals surface area contributed by atoms with Gasteiger partial charge in [-0.25, -0.2) is 0 Å². The van der Waals surface area contributed by atoms with E-state index in [1.807, 2.05) is 48.2 Å². The Morgan fingerprint density at radius 2 is 1.89 bits per heavy atom. The lowest BCUT2D eigenvalue weighted by atomic mass is 10.1. The maximum absolute atomic E-state index is 12.9. The predicted molar refractivity (Wildman–Crippen MR) is 109 cm³/mol. The highest BCUT2D eigenvalue weighted by atomic mass is 32.1. The lowest BCUT2D eigenvalue weighted by Gasteiger charge is -2.35. The molecule has 0 aliphatic carbocycles. The van der Waals surface area contributed by atoms with E-state index in [1.165, 1.54) is 21.6 Å². The minimum Gasteiger partial charge on any atom is -0.461 e. The monoisotopic (exact) mass is 377 g/mol. The molecule has 2 aromatic heterocycles. The zero-order valence-electron chi connectivity index (χ0n) is 15.0. The Labute approximate surface area is 161 Å². The van der Waals surface area contributed by atoms with Gasteiger partial charge in [-0.3, -0.25) is 4.79 Å². The lowest BCUT2D eigenvalue weighted by Crippen LogP contribution is -2.49. The molecule has 0 N–H and O–H groups in total. The van der Waals surface area contributed by atoms with Gasteiger partial charge in [-0.05, 0) is 54.9 Å². The molecule has 3 heterocycles. The molecule has 1 fully saturated rings. The number of piperazine rings is 1. The molecular weight excluding hydrogens is 358 g/mol. The van der Waals surface area contributed by atoms with Crippen LogP contribution in [0, 0.1) is 6.92 Å². The fourth-order valence-corrected chi connectivity index (χ4v) is 4.51. The van der Waals surface area contributed by atoms with Crippen molar-refractivity contribution in [2.24, 2.45) is 0 Å². The summed E-state index contributed by atoms with van der Waals surface area (Å²) >= 11 is 1.53. The third-order valence-electron chi connectivity index (χ3n) is 5.11. The van der Waals surface area contributed by atoms with Crippen LogP contribution in [-0.4, -0.2) is 41.4 Å². The molecule has 1 aliphatic rings. The van der Waals surface area contributed by atoms with E-state index < -0.39 is 0 Å². The zero-order valence-corrected chi connectivity index (χ0v) is 15.8. The molecule has 0 atom stereocenters. The van der Waals surface area contributed by atoms with Crippen LogP contribution >= 0.6 is 11.5 Å². The molecule has 2 aromatic carbocycles. The smallest absolute Gasteiger partial charge is 0.254 e. The van der Waals surface area contributed by atoms with Crippen molar-refractivity contribution >= 4 is 44.3 Å². The average Bonchev–Trinajstić information content (AvgIpc) is 3.29. The zero-order chi connectivity index (χ0) is 18.4. The van der Waals surface area contributed by atoms with Crippen LogP contribution in [0.2, 0.25) is 0 Å². The second-order valence-corrected chi connectivity index (χ2v) is 7.70. The standard InChI is InChI=1S/C21H19N3O2S/c1-14-12-16-13-15(6-7-18(16)26-14)21(25)24-10-8-23(9-11-24)20-17-4-2-3-5-19(17)27-22-20/h2-7,12-13H,8-11H2,1H3. The largest absolute Gasteiger partial charge is 0.461 e. The number of aromatic nitrogens is 1. The van der Waals surface area contributed by atoms with Crippen molar-refractivity contribution in [1.29, 1.82) is 0 Å². The molecule has 0 unspecified atom stereocenters. The van der Waals surface area contributed by atoms with Crippen LogP contribution in [0.1, 0.15) is 16.1 Å². The van der Waals surface area contributed by atoms with Crippen molar-refractivity contribution in [3.05, 3.63) is 59.9 Å². The fourth-order valence-electron chi connectivity index (χ4n) is 3.71. The number of furan rings is 1. The van der Waals surface area contributed by atoms with Crippen LogP contribution in [0.15, 0.2) is 52.9 Å². The van der Waals surface area contributed by atoms with Gasteiger partial charge in [0.15, 0.2) is 0 Å². The third kappa shape index (κ3) is 2.86. The molecule has 0 bridgehead atoms. The molecule has 27 heavy (non-hydrogen) atoms.